The Hall–Kier alpha value is -2.11. The first-order valence-electron chi connectivity index (χ1n) is 10.6. The van der Waals surface area contributed by atoms with Crippen LogP contribution in [0.1, 0.15) is 0 Å². The number of aliphatic carboxylic acids is 3. The van der Waals surface area contributed by atoms with Gasteiger partial charge in [0.15, 0.2) is 37.2 Å². The lowest BCUT2D eigenvalue weighted by Gasteiger charge is -2.46. The van der Waals surface area contributed by atoms with Crippen molar-refractivity contribution >= 4 is 17.9 Å². The molecule has 3 aliphatic heterocycles. The van der Waals surface area contributed by atoms with Crippen molar-refractivity contribution < 1.29 is 94.2 Å². The smallest absolute Gasteiger partial charge is 0.335 e. The maximum atomic E-state index is 11.8. The number of aliphatic hydroxyl groups excluding tert-OH is 8. The van der Waals surface area contributed by atoms with Crippen molar-refractivity contribution in [3.8, 4) is 0 Å². The first kappa shape index (κ1) is 29.4. The highest BCUT2D eigenvalue weighted by Crippen LogP contribution is 2.32. The molecule has 0 spiro atoms. The topological polar surface area (TPSA) is 320 Å². The Bertz CT molecular complexity index is 853. The fourth-order valence-corrected chi connectivity index (χ4v) is 3.98. The standard InChI is InChI=1S/C18H26O19/c19-1-2(20)10(13(26)27)36-17(6(1)24)35-9-4(22)7(25)18(37-12(9)15(30)31)34-8-3(21)5(23)16(32)33-11(8)14(28)29/h1-12,16-25,32H,(H,26,27)(H,28,29)(H,30,31)/t1-,2-,3+,4+,5-,6-,7-,8-,9-,10+,11+,12+,16+,17+,18+/m0/s1. The lowest BCUT2D eigenvalue weighted by atomic mass is 9.95. The zero-order chi connectivity index (χ0) is 27.9. The second kappa shape index (κ2) is 11.3. The van der Waals surface area contributed by atoms with Gasteiger partial charge in [0.1, 0.15) is 54.9 Å². The van der Waals surface area contributed by atoms with E-state index in [1.54, 1.807) is 0 Å². The molecule has 3 aliphatic rings. The number of hydrogen-bond donors (Lipinski definition) is 11. The Morgan fingerprint density at radius 2 is 0.838 bits per heavy atom. The van der Waals surface area contributed by atoms with E-state index in [2.05, 4.69) is 4.74 Å². The van der Waals surface area contributed by atoms with E-state index in [0.717, 1.165) is 0 Å². The highest BCUT2D eigenvalue weighted by molar-refractivity contribution is 5.74. The van der Waals surface area contributed by atoms with Crippen LogP contribution in [-0.2, 0) is 38.1 Å². The Kier molecular flexibility index (Phi) is 9.01. The van der Waals surface area contributed by atoms with Gasteiger partial charge in [0.2, 0.25) is 0 Å². The first-order valence-corrected chi connectivity index (χ1v) is 10.6. The van der Waals surface area contributed by atoms with Crippen molar-refractivity contribution in [1.29, 1.82) is 0 Å². The number of aliphatic hydroxyl groups is 8. The predicted octanol–water partition coefficient (Wildman–Crippen LogP) is -7.30. The average Bonchev–Trinajstić information content (AvgIpc) is 2.82. The Morgan fingerprint density at radius 3 is 1.30 bits per heavy atom. The van der Waals surface area contributed by atoms with E-state index < -0.39 is 110 Å². The summed E-state index contributed by atoms with van der Waals surface area (Å²) in [6, 6.07) is 0. The first-order chi connectivity index (χ1) is 17.2. The van der Waals surface area contributed by atoms with Gasteiger partial charge in [0.05, 0.1) is 0 Å². The molecule has 3 saturated heterocycles. The fraction of sp³-hybridized carbons (Fsp3) is 0.833. The van der Waals surface area contributed by atoms with Gasteiger partial charge < -0.3 is 79.9 Å². The van der Waals surface area contributed by atoms with Crippen LogP contribution >= 0.6 is 0 Å². The quantitative estimate of drug-likeness (QED) is 0.141. The molecule has 0 bridgehead atoms. The van der Waals surface area contributed by atoms with Crippen LogP contribution in [0.25, 0.3) is 0 Å². The van der Waals surface area contributed by atoms with Gasteiger partial charge >= 0.3 is 17.9 Å². The second-order valence-corrected chi connectivity index (χ2v) is 8.45. The number of hydrogen-bond acceptors (Lipinski definition) is 16. The van der Waals surface area contributed by atoms with Gasteiger partial charge in [-0.25, -0.2) is 14.4 Å². The number of carboxylic acids is 3. The largest absolute Gasteiger partial charge is 0.479 e. The van der Waals surface area contributed by atoms with Gasteiger partial charge in [0, 0.05) is 0 Å². The molecule has 3 heterocycles. The molecule has 3 rings (SSSR count). The van der Waals surface area contributed by atoms with Crippen LogP contribution in [-0.4, -0.2) is 166 Å². The van der Waals surface area contributed by atoms with Gasteiger partial charge in [-0.05, 0) is 0 Å². The van der Waals surface area contributed by atoms with Crippen molar-refractivity contribution in [2.45, 2.75) is 92.1 Å². The molecular formula is C18H26O19. The molecule has 37 heavy (non-hydrogen) atoms. The van der Waals surface area contributed by atoms with Crippen LogP contribution < -0.4 is 0 Å². The predicted molar refractivity (Wildman–Crippen MR) is 103 cm³/mol. The molecule has 212 valence electrons. The third kappa shape index (κ3) is 5.68. The normalized spacial score (nSPS) is 48.8. The molecule has 0 unspecified atom stereocenters. The summed E-state index contributed by atoms with van der Waals surface area (Å²) in [7, 11) is 0. The minimum absolute atomic E-state index is 1.79. The van der Waals surface area contributed by atoms with E-state index >= 15 is 0 Å². The molecule has 0 aromatic carbocycles. The highest BCUT2D eigenvalue weighted by atomic mass is 16.8. The molecule has 0 radical (unpaired) electrons. The molecule has 19 nitrogen and oxygen atoms in total. The third-order valence-electron chi connectivity index (χ3n) is 5.99. The Labute approximate surface area is 205 Å². The van der Waals surface area contributed by atoms with Gasteiger partial charge in [-0.1, -0.05) is 0 Å². The van der Waals surface area contributed by atoms with E-state index in [0.29, 0.717) is 0 Å². The van der Waals surface area contributed by atoms with Crippen LogP contribution in [0.15, 0.2) is 0 Å². The van der Waals surface area contributed by atoms with Crippen LogP contribution in [0, 0.1) is 0 Å². The van der Waals surface area contributed by atoms with E-state index in [-0.39, 0.29) is 0 Å². The van der Waals surface area contributed by atoms with Crippen molar-refractivity contribution in [3.63, 3.8) is 0 Å². The summed E-state index contributed by atoms with van der Waals surface area (Å²) in [5.41, 5.74) is 0. The summed E-state index contributed by atoms with van der Waals surface area (Å²) < 4.78 is 24.8. The van der Waals surface area contributed by atoms with E-state index in [1.165, 1.54) is 0 Å². The fourth-order valence-electron chi connectivity index (χ4n) is 3.98. The number of rotatable bonds is 7. The SMILES string of the molecule is O=C(O)[C@@H]1O[C@@H](O[C@H]2[C@H](O)[C@H](O)[C@H](O[C@H]3[C@H](O)[C@H](O)[C@H](O)O[C@H]3C(=O)O)O[C@H]2C(=O)O)[C@@H](O)[C@@H](O)[C@@H]1O. The van der Waals surface area contributed by atoms with Crippen molar-refractivity contribution in [2.24, 2.45) is 0 Å². The van der Waals surface area contributed by atoms with E-state index in [4.69, 9.17) is 24.1 Å². The summed E-state index contributed by atoms with van der Waals surface area (Å²) in [4.78, 5) is 34.5. The molecule has 19 heteroatoms. The van der Waals surface area contributed by atoms with Crippen molar-refractivity contribution in [2.75, 3.05) is 0 Å². The summed E-state index contributed by atoms with van der Waals surface area (Å²) in [5, 5.41) is 108. The summed E-state index contributed by atoms with van der Waals surface area (Å²) in [5.74, 6) is -5.46. The molecule has 15 atom stereocenters. The zero-order valence-electron chi connectivity index (χ0n) is 18.3. The number of carboxylic acid groups (broad SMARTS) is 3. The van der Waals surface area contributed by atoms with Crippen LogP contribution in [0.2, 0.25) is 0 Å². The highest BCUT2D eigenvalue weighted by Gasteiger charge is 2.56. The van der Waals surface area contributed by atoms with Gasteiger partial charge in [0.25, 0.3) is 0 Å². The molecule has 11 N–H and O–H groups in total. The van der Waals surface area contributed by atoms with Gasteiger partial charge in [-0.2, -0.15) is 0 Å². The van der Waals surface area contributed by atoms with Crippen LogP contribution in [0.3, 0.4) is 0 Å². The summed E-state index contributed by atoms with van der Waals surface area (Å²) in [6.07, 6.45) is -32.5. The van der Waals surface area contributed by atoms with Crippen molar-refractivity contribution in [3.05, 3.63) is 0 Å². The molecular weight excluding hydrogens is 520 g/mol. The lowest BCUT2D eigenvalue weighted by Crippen LogP contribution is -2.67. The minimum Gasteiger partial charge on any atom is -0.479 e. The number of carbonyl (C=O) groups is 3. The van der Waals surface area contributed by atoms with Gasteiger partial charge in [-0.3, -0.25) is 0 Å². The summed E-state index contributed by atoms with van der Waals surface area (Å²) >= 11 is 0. The monoisotopic (exact) mass is 546 g/mol. The average molecular weight is 546 g/mol. The molecule has 0 aliphatic carbocycles. The minimum atomic E-state index is -2.29. The van der Waals surface area contributed by atoms with E-state index in [9.17, 15) is 65.4 Å². The van der Waals surface area contributed by atoms with Gasteiger partial charge in [-0.15, -0.1) is 0 Å². The Balaban J connectivity index is 1.81. The maximum Gasteiger partial charge on any atom is 0.335 e. The zero-order valence-corrected chi connectivity index (χ0v) is 18.3. The summed E-state index contributed by atoms with van der Waals surface area (Å²) in [6.45, 7) is 0. The third-order valence-corrected chi connectivity index (χ3v) is 5.99. The molecule has 0 amide bonds. The molecule has 0 aromatic rings. The lowest BCUT2D eigenvalue weighted by molar-refractivity contribution is -0.368. The Morgan fingerprint density at radius 1 is 0.459 bits per heavy atom. The van der Waals surface area contributed by atoms with Crippen molar-refractivity contribution in [1.82, 2.24) is 0 Å². The molecule has 0 saturated carbocycles. The number of ether oxygens (including phenoxy) is 5. The molecule has 3 fully saturated rings. The maximum absolute atomic E-state index is 11.8. The second-order valence-electron chi connectivity index (χ2n) is 8.45. The van der Waals surface area contributed by atoms with E-state index in [1.807, 2.05) is 0 Å². The van der Waals surface area contributed by atoms with Crippen LogP contribution in [0.5, 0.6) is 0 Å². The molecule has 0 aromatic heterocycles. The van der Waals surface area contributed by atoms with Crippen LogP contribution in [0.4, 0.5) is 0 Å².